The van der Waals surface area contributed by atoms with E-state index in [1.165, 1.54) is 28.3 Å². The Balaban J connectivity index is 1.63. The summed E-state index contributed by atoms with van der Waals surface area (Å²) in [6.45, 7) is 1.71. The van der Waals surface area contributed by atoms with Gasteiger partial charge in [0.1, 0.15) is 16.8 Å². The zero-order valence-corrected chi connectivity index (χ0v) is 21.4. The van der Waals surface area contributed by atoms with Crippen molar-refractivity contribution in [2.75, 3.05) is 49.6 Å². The van der Waals surface area contributed by atoms with E-state index in [0.29, 0.717) is 0 Å². The van der Waals surface area contributed by atoms with Gasteiger partial charge in [0.2, 0.25) is 0 Å². The van der Waals surface area contributed by atoms with Crippen molar-refractivity contribution in [3.05, 3.63) is 40.4 Å². The van der Waals surface area contributed by atoms with Gasteiger partial charge in [-0.3, -0.25) is 14.7 Å². The Labute approximate surface area is 219 Å². The molecular weight excluding hydrogens is 534 g/mol. The minimum atomic E-state index is -3.22. The smallest absolute Gasteiger partial charge is 0.414 e. The lowest BCUT2D eigenvalue weighted by molar-refractivity contribution is -0.132. The first-order chi connectivity index (χ1) is 18.1. The molecule has 1 saturated heterocycles. The Morgan fingerprint density at radius 2 is 1.95 bits per heavy atom. The Morgan fingerprint density at radius 1 is 1.24 bits per heavy atom. The van der Waals surface area contributed by atoms with Crippen LogP contribution in [0.25, 0.3) is 0 Å². The molecule has 0 saturated carbocycles. The average molecular weight is 562 g/mol. The molecule has 1 aliphatic heterocycles. The van der Waals surface area contributed by atoms with E-state index in [2.05, 4.69) is 15.7 Å². The lowest BCUT2D eigenvalue weighted by atomic mass is 10.2. The van der Waals surface area contributed by atoms with Crippen LogP contribution in [0.5, 0.6) is 0 Å². The van der Waals surface area contributed by atoms with E-state index in [-0.39, 0.29) is 50.6 Å². The normalized spacial score (nSPS) is 15.0. The van der Waals surface area contributed by atoms with Gasteiger partial charge in [-0.2, -0.15) is 8.78 Å². The van der Waals surface area contributed by atoms with E-state index < -0.39 is 42.2 Å². The van der Waals surface area contributed by atoms with Gasteiger partial charge in [0.25, 0.3) is 5.91 Å². The second-order valence-corrected chi connectivity index (χ2v) is 8.94. The van der Waals surface area contributed by atoms with Crippen molar-refractivity contribution < 1.29 is 36.7 Å². The van der Waals surface area contributed by atoms with Crippen molar-refractivity contribution in [3.63, 3.8) is 0 Å². The molecule has 2 heterocycles. The summed E-state index contributed by atoms with van der Waals surface area (Å²) in [5.74, 6) is -3.42. The van der Waals surface area contributed by atoms with Crippen LogP contribution in [0, 0.1) is 11.6 Å². The minimum absolute atomic E-state index is 0.0763. The molecule has 0 radical (unpaired) electrons. The summed E-state index contributed by atoms with van der Waals surface area (Å²) in [6, 6.07) is 1.47. The highest BCUT2D eigenvalue weighted by atomic mass is 32.1. The highest BCUT2D eigenvalue weighted by Crippen LogP contribution is 2.31. The summed E-state index contributed by atoms with van der Waals surface area (Å²) in [4.78, 5) is 42.1. The number of urea groups is 1. The van der Waals surface area contributed by atoms with Crippen molar-refractivity contribution >= 4 is 40.7 Å². The first-order valence-electron chi connectivity index (χ1n) is 11.5. The quantitative estimate of drug-likeness (QED) is 0.269. The third-order valence-electron chi connectivity index (χ3n) is 5.57. The average Bonchev–Trinajstić information content (AvgIpc) is 3.54. The molecule has 2 aromatic rings. The van der Waals surface area contributed by atoms with Crippen LogP contribution in [0.4, 0.5) is 38.5 Å². The fourth-order valence-electron chi connectivity index (χ4n) is 3.69. The van der Waals surface area contributed by atoms with Crippen LogP contribution in [0.3, 0.4) is 0 Å². The Kier molecular flexibility index (Phi) is 10.1. The summed E-state index contributed by atoms with van der Waals surface area (Å²) >= 11 is 1.39. The van der Waals surface area contributed by atoms with Gasteiger partial charge in [-0.05, 0) is 6.92 Å². The molecule has 3 N–H and O–H groups in total. The molecular formula is C22H27F4N7O4S. The number of halogens is 4. The van der Waals surface area contributed by atoms with Gasteiger partial charge in [-0.25, -0.2) is 28.8 Å². The first kappa shape index (κ1) is 28.9. The SMILES string of the molecule is CCN(CCN(NC)C(=O)NCc1nccs1)c1c(F)cc(N2C[C@H](CNC(=O)C(F)F)OC2=O)cc1F. The number of alkyl halides is 2. The number of hydrazine groups is 1. The molecule has 0 bridgehead atoms. The van der Waals surface area contributed by atoms with E-state index in [1.54, 1.807) is 18.5 Å². The largest absolute Gasteiger partial charge is 0.442 e. The van der Waals surface area contributed by atoms with Crippen molar-refractivity contribution in [3.8, 4) is 0 Å². The lowest BCUT2D eigenvalue weighted by Gasteiger charge is -2.29. The molecule has 38 heavy (non-hydrogen) atoms. The van der Waals surface area contributed by atoms with E-state index in [4.69, 9.17) is 4.74 Å². The summed E-state index contributed by atoms with van der Waals surface area (Å²) < 4.78 is 59.9. The van der Waals surface area contributed by atoms with Crippen LogP contribution >= 0.6 is 11.3 Å². The van der Waals surface area contributed by atoms with Gasteiger partial charge >= 0.3 is 18.5 Å². The molecule has 3 rings (SSSR count). The van der Waals surface area contributed by atoms with E-state index in [9.17, 15) is 23.2 Å². The van der Waals surface area contributed by atoms with Crippen LogP contribution in [0.15, 0.2) is 23.7 Å². The number of carbonyl (C=O) groups is 3. The molecule has 11 nitrogen and oxygen atoms in total. The van der Waals surface area contributed by atoms with Gasteiger partial charge in [0, 0.05) is 43.8 Å². The highest BCUT2D eigenvalue weighted by molar-refractivity contribution is 7.09. The molecule has 1 aliphatic rings. The fraction of sp³-hybridized carbons (Fsp3) is 0.455. The van der Waals surface area contributed by atoms with Crippen molar-refractivity contribution in [1.82, 2.24) is 26.1 Å². The number of hydrogen-bond acceptors (Lipinski definition) is 8. The number of rotatable bonds is 12. The summed E-state index contributed by atoms with van der Waals surface area (Å²) in [6.07, 6.45) is -3.51. The Bertz CT molecular complexity index is 1100. The minimum Gasteiger partial charge on any atom is -0.442 e. The number of nitrogens with one attached hydrogen (secondary N) is 3. The Morgan fingerprint density at radius 3 is 2.53 bits per heavy atom. The zero-order chi connectivity index (χ0) is 27.8. The van der Waals surface area contributed by atoms with Crippen molar-refractivity contribution in [2.24, 2.45) is 0 Å². The molecule has 1 fully saturated rings. The number of benzene rings is 1. The maximum Gasteiger partial charge on any atom is 0.414 e. The van der Waals surface area contributed by atoms with Gasteiger partial charge in [0.15, 0.2) is 11.6 Å². The van der Waals surface area contributed by atoms with E-state index in [1.807, 2.05) is 5.32 Å². The number of ether oxygens (including phenoxy) is 1. The maximum absolute atomic E-state index is 15.1. The number of hydrogen-bond donors (Lipinski definition) is 3. The molecule has 208 valence electrons. The second kappa shape index (κ2) is 13.2. The number of anilines is 2. The molecule has 0 spiro atoms. The number of carbonyl (C=O) groups excluding carboxylic acids is 3. The number of cyclic esters (lactones) is 1. The Hall–Kier alpha value is -3.66. The predicted octanol–water partition coefficient (Wildman–Crippen LogP) is 2.30. The van der Waals surface area contributed by atoms with Crippen molar-refractivity contribution in [2.45, 2.75) is 26.0 Å². The molecule has 1 aromatic heterocycles. The number of thiazole rings is 1. The number of nitrogens with zero attached hydrogens (tertiary/aromatic N) is 4. The van der Waals surface area contributed by atoms with E-state index in [0.717, 1.165) is 22.0 Å². The maximum atomic E-state index is 15.1. The topological polar surface area (TPSA) is 119 Å². The molecule has 0 aliphatic carbocycles. The van der Waals surface area contributed by atoms with Gasteiger partial charge < -0.3 is 20.3 Å². The molecule has 0 unspecified atom stereocenters. The lowest BCUT2D eigenvalue weighted by Crippen LogP contribution is -2.49. The van der Waals surface area contributed by atoms with Gasteiger partial charge in [-0.15, -0.1) is 11.3 Å². The number of likely N-dealkylation sites (N-methyl/N-ethyl adjacent to an activating group) is 1. The van der Waals surface area contributed by atoms with Crippen molar-refractivity contribution in [1.29, 1.82) is 0 Å². The first-order valence-corrected chi connectivity index (χ1v) is 12.4. The third kappa shape index (κ3) is 7.22. The number of amides is 4. The van der Waals surface area contributed by atoms with Gasteiger partial charge in [0.05, 0.1) is 31.9 Å². The van der Waals surface area contributed by atoms with Crippen LogP contribution in [0.1, 0.15) is 11.9 Å². The highest BCUT2D eigenvalue weighted by Gasteiger charge is 2.34. The molecule has 4 amide bonds. The van der Waals surface area contributed by atoms with Crippen LogP contribution in [0.2, 0.25) is 0 Å². The zero-order valence-electron chi connectivity index (χ0n) is 20.5. The summed E-state index contributed by atoms with van der Waals surface area (Å²) in [5.41, 5.74) is 2.26. The molecule has 16 heteroatoms. The van der Waals surface area contributed by atoms with Crippen LogP contribution in [-0.2, 0) is 16.1 Å². The fourth-order valence-corrected chi connectivity index (χ4v) is 4.25. The monoisotopic (exact) mass is 561 g/mol. The predicted molar refractivity (Wildman–Crippen MR) is 131 cm³/mol. The summed E-state index contributed by atoms with van der Waals surface area (Å²) in [5, 5.41) is 8.40. The second-order valence-electron chi connectivity index (χ2n) is 7.96. The van der Waals surface area contributed by atoms with Crippen LogP contribution < -0.4 is 25.9 Å². The van der Waals surface area contributed by atoms with Gasteiger partial charge in [-0.1, -0.05) is 0 Å². The van der Waals surface area contributed by atoms with E-state index >= 15 is 8.78 Å². The molecule has 1 atom stereocenters. The third-order valence-corrected chi connectivity index (χ3v) is 6.35. The summed E-state index contributed by atoms with van der Waals surface area (Å²) in [7, 11) is 1.54. The standard InChI is InChI=1S/C22H27F4N7O4S/c1-3-31(5-6-33(27-2)21(35)30-11-17-28-4-7-38-17)18-15(23)8-13(9-16(18)24)32-12-14(37-22(32)36)10-29-20(34)19(25)26/h4,7-9,14,19,27H,3,5-6,10-12H2,1-2H3,(H,29,34)(H,30,35)/t14-/m0/s1. The number of aromatic nitrogens is 1. The molecule has 1 aromatic carbocycles. The van der Waals surface area contributed by atoms with Crippen LogP contribution in [-0.4, -0.2) is 80.3 Å².